The molecule has 0 saturated carbocycles. The van der Waals surface area contributed by atoms with Crippen molar-refractivity contribution in [3.63, 3.8) is 0 Å². The molecule has 1 aliphatic heterocycles. The molecule has 27 heavy (non-hydrogen) atoms. The molecule has 1 unspecified atom stereocenters. The quantitative estimate of drug-likeness (QED) is 0.687. The Morgan fingerprint density at radius 3 is 2.19 bits per heavy atom. The first kappa shape index (κ1) is 20.6. The third-order valence-electron chi connectivity index (χ3n) is 4.64. The topological polar surface area (TPSA) is 46.6 Å². The minimum atomic E-state index is -3.60. The molecule has 1 atom stereocenters. The number of halogens is 2. The second-order valence-corrected chi connectivity index (χ2v) is 10.5. The van der Waals surface area contributed by atoms with Crippen LogP contribution >= 0.6 is 23.2 Å². The second-order valence-electron chi connectivity index (χ2n) is 7.70. The van der Waals surface area contributed by atoms with Crippen molar-refractivity contribution in [1.29, 1.82) is 0 Å². The number of sulfonamides is 1. The molecule has 2 aromatic rings. The maximum absolute atomic E-state index is 13.1. The Hall–Kier alpha value is -1.11. The van der Waals surface area contributed by atoms with Gasteiger partial charge in [0.15, 0.2) is 0 Å². The minimum Gasteiger partial charge on any atom is -0.371 e. The van der Waals surface area contributed by atoms with E-state index >= 15 is 0 Å². The fourth-order valence-corrected chi connectivity index (χ4v) is 5.05. The average molecular weight is 428 g/mol. The van der Waals surface area contributed by atoms with Gasteiger partial charge in [-0.1, -0.05) is 56.1 Å². The number of ether oxygens (including phenoxy) is 1. The summed E-state index contributed by atoms with van der Waals surface area (Å²) in [5.74, 6) is 0. The largest absolute Gasteiger partial charge is 0.371 e. The summed E-state index contributed by atoms with van der Waals surface area (Å²) in [5, 5.41) is 0.998. The third-order valence-corrected chi connectivity index (χ3v) is 6.96. The first-order chi connectivity index (χ1) is 12.6. The number of nitrogens with zero attached hydrogens (tertiary/aromatic N) is 1. The average Bonchev–Trinajstić information content (AvgIpc) is 2.60. The summed E-state index contributed by atoms with van der Waals surface area (Å²) in [4.78, 5) is 0.292. The van der Waals surface area contributed by atoms with Gasteiger partial charge in [0.05, 0.1) is 17.6 Å². The van der Waals surface area contributed by atoms with E-state index in [1.807, 2.05) is 12.1 Å². The minimum absolute atomic E-state index is 0.0296. The van der Waals surface area contributed by atoms with Crippen molar-refractivity contribution in [3.8, 4) is 0 Å². The summed E-state index contributed by atoms with van der Waals surface area (Å²) >= 11 is 12.1. The highest BCUT2D eigenvalue weighted by Gasteiger charge is 2.32. The smallest absolute Gasteiger partial charge is 0.243 e. The summed E-state index contributed by atoms with van der Waals surface area (Å²) in [5.41, 5.74) is 1.84. The van der Waals surface area contributed by atoms with E-state index in [1.54, 1.807) is 30.3 Å². The van der Waals surface area contributed by atoms with Crippen LogP contribution in [0.4, 0.5) is 0 Å². The van der Waals surface area contributed by atoms with Crippen LogP contribution in [-0.2, 0) is 20.2 Å². The lowest BCUT2D eigenvalue weighted by Gasteiger charge is -2.32. The van der Waals surface area contributed by atoms with Crippen molar-refractivity contribution in [2.24, 2.45) is 0 Å². The van der Waals surface area contributed by atoms with Gasteiger partial charge in [0.1, 0.15) is 0 Å². The van der Waals surface area contributed by atoms with E-state index in [1.165, 1.54) is 4.31 Å². The van der Waals surface area contributed by atoms with Crippen LogP contribution in [0.3, 0.4) is 0 Å². The predicted molar refractivity (Wildman–Crippen MR) is 109 cm³/mol. The SMILES string of the molecule is CC(C)(C)c1ccc(S(=O)(=O)N2CCOC(c3cc(Cl)cc(Cl)c3)C2)cc1. The van der Waals surface area contributed by atoms with Gasteiger partial charge in [-0.15, -0.1) is 0 Å². The predicted octanol–water partition coefficient (Wildman–Crippen LogP) is 5.05. The van der Waals surface area contributed by atoms with Crippen molar-refractivity contribution in [3.05, 3.63) is 63.6 Å². The molecule has 0 amide bonds. The van der Waals surface area contributed by atoms with Crippen molar-refractivity contribution >= 4 is 33.2 Å². The van der Waals surface area contributed by atoms with Gasteiger partial charge in [-0.05, 0) is 46.9 Å². The van der Waals surface area contributed by atoms with E-state index in [2.05, 4.69) is 20.8 Å². The Kier molecular flexibility index (Phi) is 5.90. The number of benzene rings is 2. The third kappa shape index (κ3) is 4.66. The van der Waals surface area contributed by atoms with E-state index in [9.17, 15) is 8.42 Å². The summed E-state index contributed by atoms with van der Waals surface area (Å²) in [6.45, 7) is 7.14. The van der Waals surface area contributed by atoms with Gasteiger partial charge in [-0.3, -0.25) is 0 Å². The van der Waals surface area contributed by atoms with Gasteiger partial charge in [0.25, 0.3) is 0 Å². The van der Waals surface area contributed by atoms with Gasteiger partial charge < -0.3 is 4.74 Å². The molecule has 146 valence electrons. The molecular formula is C20H23Cl2NO3S. The molecule has 1 heterocycles. The Bertz CT molecular complexity index is 901. The fourth-order valence-electron chi connectivity index (χ4n) is 3.08. The molecule has 0 aliphatic carbocycles. The lowest BCUT2D eigenvalue weighted by atomic mass is 9.87. The first-order valence-corrected chi connectivity index (χ1v) is 11.0. The Morgan fingerprint density at radius 2 is 1.63 bits per heavy atom. The van der Waals surface area contributed by atoms with Gasteiger partial charge >= 0.3 is 0 Å². The molecule has 4 nitrogen and oxygen atoms in total. The normalized spacial score (nSPS) is 19.2. The van der Waals surface area contributed by atoms with Crippen LogP contribution in [0.2, 0.25) is 10.0 Å². The Balaban J connectivity index is 1.84. The van der Waals surface area contributed by atoms with Crippen LogP contribution in [-0.4, -0.2) is 32.4 Å². The van der Waals surface area contributed by atoms with Crippen molar-refractivity contribution in [1.82, 2.24) is 4.31 Å². The number of morpholine rings is 1. The molecule has 0 spiro atoms. The van der Waals surface area contributed by atoms with Crippen LogP contribution in [0.1, 0.15) is 38.0 Å². The van der Waals surface area contributed by atoms with Gasteiger partial charge in [0.2, 0.25) is 10.0 Å². The highest BCUT2D eigenvalue weighted by atomic mass is 35.5. The van der Waals surface area contributed by atoms with E-state index in [4.69, 9.17) is 27.9 Å². The van der Waals surface area contributed by atoms with Crippen LogP contribution in [0.15, 0.2) is 47.4 Å². The van der Waals surface area contributed by atoms with Crippen molar-refractivity contribution in [2.45, 2.75) is 37.2 Å². The molecule has 2 aromatic carbocycles. The van der Waals surface area contributed by atoms with Gasteiger partial charge in [0, 0.05) is 23.1 Å². The summed E-state index contributed by atoms with van der Waals surface area (Å²) in [6.07, 6.45) is -0.404. The lowest BCUT2D eigenvalue weighted by molar-refractivity contribution is -0.00254. The zero-order chi connectivity index (χ0) is 19.8. The van der Waals surface area contributed by atoms with Gasteiger partial charge in [-0.25, -0.2) is 8.42 Å². The van der Waals surface area contributed by atoms with Crippen molar-refractivity contribution < 1.29 is 13.2 Å². The molecule has 0 aromatic heterocycles. The highest BCUT2D eigenvalue weighted by molar-refractivity contribution is 7.89. The summed E-state index contributed by atoms with van der Waals surface area (Å²) in [7, 11) is -3.60. The summed E-state index contributed by atoms with van der Waals surface area (Å²) < 4.78 is 33.4. The number of hydrogen-bond donors (Lipinski definition) is 0. The molecule has 1 fully saturated rings. The molecule has 0 N–H and O–H groups in total. The molecule has 1 saturated heterocycles. The van der Waals surface area contributed by atoms with E-state index in [0.717, 1.165) is 11.1 Å². The lowest BCUT2D eigenvalue weighted by Crippen LogP contribution is -2.42. The van der Waals surface area contributed by atoms with E-state index in [-0.39, 0.29) is 12.0 Å². The van der Waals surface area contributed by atoms with E-state index < -0.39 is 16.1 Å². The standard InChI is InChI=1S/C20H23Cl2NO3S/c1-20(2,3)15-4-6-18(7-5-15)27(24,25)23-8-9-26-19(13-23)14-10-16(21)12-17(22)11-14/h4-7,10-12,19H,8-9,13H2,1-3H3. The molecule has 0 bridgehead atoms. The monoisotopic (exact) mass is 427 g/mol. The molecule has 7 heteroatoms. The van der Waals surface area contributed by atoms with Crippen LogP contribution in [0.5, 0.6) is 0 Å². The summed E-state index contributed by atoms with van der Waals surface area (Å²) in [6, 6.07) is 12.3. The van der Waals surface area contributed by atoms with Crippen LogP contribution in [0.25, 0.3) is 0 Å². The first-order valence-electron chi connectivity index (χ1n) is 8.76. The van der Waals surface area contributed by atoms with Crippen molar-refractivity contribution in [2.75, 3.05) is 19.7 Å². The molecule has 1 aliphatic rings. The molecular weight excluding hydrogens is 405 g/mol. The fraction of sp³-hybridized carbons (Fsp3) is 0.400. The number of rotatable bonds is 3. The maximum Gasteiger partial charge on any atom is 0.243 e. The zero-order valence-electron chi connectivity index (χ0n) is 15.6. The maximum atomic E-state index is 13.1. The van der Waals surface area contributed by atoms with Gasteiger partial charge in [-0.2, -0.15) is 4.31 Å². The molecule has 0 radical (unpaired) electrons. The highest BCUT2D eigenvalue weighted by Crippen LogP contribution is 2.31. The Labute approximate surface area is 171 Å². The Morgan fingerprint density at radius 1 is 1.04 bits per heavy atom. The van der Waals surface area contributed by atoms with Crippen LogP contribution in [0, 0.1) is 0 Å². The van der Waals surface area contributed by atoms with Crippen LogP contribution < -0.4 is 0 Å². The number of hydrogen-bond acceptors (Lipinski definition) is 3. The second kappa shape index (κ2) is 7.72. The van der Waals surface area contributed by atoms with E-state index in [0.29, 0.717) is 28.1 Å². The zero-order valence-corrected chi connectivity index (χ0v) is 17.9. The molecule has 3 rings (SSSR count).